The average Bonchev–Trinajstić information content (AvgIpc) is 3.36. The van der Waals surface area contributed by atoms with Gasteiger partial charge in [0.25, 0.3) is 5.91 Å². The molecule has 1 amide bonds. The van der Waals surface area contributed by atoms with Crippen molar-refractivity contribution in [2.75, 3.05) is 39.1 Å². The van der Waals surface area contributed by atoms with Crippen molar-refractivity contribution in [3.05, 3.63) is 71.7 Å². The first kappa shape index (κ1) is 19.5. The molecule has 2 aromatic heterocycles. The number of anilines is 1. The largest absolute Gasteiger partial charge is 0.356 e. The number of aromatic nitrogens is 1. The number of likely N-dealkylation sites (tertiary alicyclic amines) is 1. The fourth-order valence-corrected chi connectivity index (χ4v) is 4.00. The molecule has 1 aliphatic heterocycles. The Hall–Kier alpha value is -2.86. The second-order valence-electron chi connectivity index (χ2n) is 8.04. The van der Waals surface area contributed by atoms with Crippen molar-refractivity contribution in [1.29, 1.82) is 0 Å². The summed E-state index contributed by atoms with van der Waals surface area (Å²) in [6.07, 6.45) is 2.94. The van der Waals surface area contributed by atoms with Crippen LogP contribution in [-0.4, -0.2) is 60.4 Å². The Morgan fingerprint density at radius 2 is 1.79 bits per heavy atom. The van der Waals surface area contributed by atoms with Gasteiger partial charge in [-0.25, -0.2) is 4.39 Å². The van der Waals surface area contributed by atoms with E-state index < -0.39 is 0 Å². The van der Waals surface area contributed by atoms with E-state index in [1.54, 1.807) is 12.1 Å². The summed E-state index contributed by atoms with van der Waals surface area (Å²) >= 11 is 0. The lowest BCUT2D eigenvalue weighted by Gasteiger charge is -2.21. The van der Waals surface area contributed by atoms with E-state index in [0.29, 0.717) is 18.2 Å². The van der Waals surface area contributed by atoms with E-state index >= 15 is 0 Å². The molecule has 1 fully saturated rings. The topological polar surface area (TPSA) is 31.2 Å². The van der Waals surface area contributed by atoms with Crippen LogP contribution in [0.2, 0.25) is 0 Å². The van der Waals surface area contributed by atoms with Gasteiger partial charge >= 0.3 is 0 Å². The van der Waals surface area contributed by atoms with Crippen LogP contribution >= 0.6 is 0 Å². The minimum Gasteiger partial charge on any atom is -0.356 e. The second-order valence-corrected chi connectivity index (χ2v) is 8.04. The third kappa shape index (κ3) is 3.98. The van der Waals surface area contributed by atoms with Crippen LogP contribution in [0.15, 0.2) is 54.7 Å². The molecular weight excluding hydrogens is 367 g/mol. The van der Waals surface area contributed by atoms with Crippen molar-refractivity contribution >= 4 is 17.2 Å². The zero-order valence-corrected chi connectivity index (χ0v) is 17.2. The summed E-state index contributed by atoms with van der Waals surface area (Å²) in [5.74, 6) is 0.842. The first-order valence-electron chi connectivity index (χ1n) is 9.95. The minimum atomic E-state index is -0.230. The highest BCUT2D eigenvalue weighted by atomic mass is 19.1. The van der Waals surface area contributed by atoms with Gasteiger partial charge in [0.1, 0.15) is 11.6 Å². The quantitative estimate of drug-likeness (QED) is 0.664. The van der Waals surface area contributed by atoms with E-state index in [1.165, 1.54) is 12.1 Å². The first-order valence-corrected chi connectivity index (χ1v) is 9.95. The zero-order chi connectivity index (χ0) is 20.5. The maximum absolute atomic E-state index is 13.2. The fourth-order valence-electron chi connectivity index (χ4n) is 4.00. The SMILES string of the molecule is CN(Cc1ccc(F)cc1)c1ccc2ccc(C(=O)N3CC[C@@H](N(C)C)C3)cn12. The van der Waals surface area contributed by atoms with E-state index in [4.69, 9.17) is 0 Å². The lowest BCUT2D eigenvalue weighted by molar-refractivity contribution is 0.0782. The van der Waals surface area contributed by atoms with E-state index in [9.17, 15) is 9.18 Å². The Balaban J connectivity index is 1.56. The number of hydrogen-bond donors (Lipinski definition) is 0. The predicted octanol–water partition coefficient (Wildman–Crippen LogP) is 3.49. The summed E-state index contributed by atoms with van der Waals surface area (Å²) in [6, 6.07) is 15.0. The molecule has 5 nitrogen and oxygen atoms in total. The van der Waals surface area contributed by atoms with Crippen molar-refractivity contribution < 1.29 is 9.18 Å². The second kappa shape index (κ2) is 7.87. The van der Waals surface area contributed by atoms with Crippen LogP contribution in [0.1, 0.15) is 22.3 Å². The van der Waals surface area contributed by atoms with Crippen LogP contribution in [0.4, 0.5) is 10.2 Å². The number of benzene rings is 1. The smallest absolute Gasteiger partial charge is 0.255 e. The fraction of sp³-hybridized carbons (Fsp3) is 0.348. The van der Waals surface area contributed by atoms with Gasteiger partial charge in [-0.05, 0) is 62.5 Å². The molecule has 0 saturated carbocycles. The van der Waals surface area contributed by atoms with Crippen LogP contribution in [0, 0.1) is 5.82 Å². The molecule has 152 valence electrons. The number of pyridine rings is 1. The summed E-state index contributed by atoms with van der Waals surface area (Å²) in [7, 11) is 6.13. The Labute approximate surface area is 170 Å². The van der Waals surface area contributed by atoms with Gasteiger partial charge in [0, 0.05) is 44.4 Å². The number of nitrogens with zero attached hydrogens (tertiary/aromatic N) is 4. The molecule has 6 heteroatoms. The van der Waals surface area contributed by atoms with E-state index in [-0.39, 0.29) is 11.7 Å². The molecule has 1 atom stereocenters. The number of rotatable bonds is 5. The molecule has 0 unspecified atom stereocenters. The monoisotopic (exact) mass is 394 g/mol. The van der Waals surface area contributed by atoms with Crippen LogP contribution < -0.4 is 4.90 Å². The number of hydrogen-bond acceptors (Lipinski definition) is 3. The average molecular weight is 394 g/mol. The predicted molar refractivity (Wildman–Crippen MR) is 114 cm³/mol. The minimum absolute atomic E-state index is 0.0806. The summed E-state index contributed by atoms with van der Waals surface area (Å²) < 4.78 is 15.2. The van der Waals surface area contributed by atoms with Gasteiger partial charge in [0.15, 0.2) is 0 Å². The summed E-state index contributed by atoms with van der Waals surface area (Å²) in [5.41, 5.74) is 2.77. The summed E-state index contributed by atoms with van der Waals surface area (Å²) in [5, 5.41) is 0. The molecule has 3 aromatic rings. The van der Waals surface area contributed by atoms with Crippen molar-refractivity contribution in [1.82, 2.24) is 14.2 Å². The molecule has 0 radical (unpaired) electrons. The van der Waals surface area contributed by atoms with Crippen molar-refractivity contribution in [3.63, 3.8) is 0 Å². The molecule has 0 spiro atoms. The maximum Gasteiger partial charge on any atom is 0.255 e. The van der Waals surface area contributed by atoms with Crippen LogP contribution in [0.3, 0.4) is 0 Å². The Kier molecular flexibility index (Phi) is 5.28. The standard InChI is InChI=1S/C23H27FN4O/c1-25(2)21-12-13-27(16-21)23(29)18-6-9-20-10-11-22(28(20)15-18)26(3)14-17-4-7-19(24)8-5-17/h4-11,15,21H,12-14,16H2,1-3H3/t21-/m1/s1. The lowest BCUT2D eigenvalue weighted by Crippen LogP contribution is -2.34. The number of carbonyl (C=O) groups excluding carboxylic acids is 1. The van der Waals surface area contributed by atoms with Gasteiger partial charge in [-0.3, -0.25) is 4.79 Å². The highest BCUT2D eigenvalue weighted by Crippen LogP contribution is 2.23. The lowest BCUT2D eigenvalue weighted by atomic mass is 10.2. The van der Waals surface area contributed by atoms with Crippen molar-refractivity contribution in [2.45, 2.75) is 19.0 Å². The van der Waals surface area contributed by atoms with Gasteiger partial charge in [0.05, 0.1) is 5.56 Å². The van der Waals surface area contributed by atoms with Crippen LogP contribution in [0.25, 0.3) is 5.52 Å². The van der Waals surface area contributed by atoms with Gasteiger partial charge in [-0.15, -0.1) is 0 Å². The summed E-state index contributed by atoms with van der Waals surface area (Å²) in [6.45, 7) is 2.22. The molecule has 1 aliphatic rings. The Morgan fingerprint density at radius 1 is 1.07 bits per heavy atom. The number of halogens is 1. The van der Waals surface area contributed by atoms with E-state index in [0.717, 1.165) is 36.4 Å². The molecule has 0 bridgehead atoms. The van der Waals surface area contributed by atoms with Crippen molar-refractivity contribution in [2.24, 2.45) is 0 Å². The van der Waals surface area contributed by atoms with Gasteiger partial charge in [0.2, 0.25) is 0 Å². The van der Waals surface area contributed by atoms with Crippen LogP contribution in [-0.2, 0) is 6.54 Å². The molecule has 29 heavy (non-hydrogen) atoms. The normalized spacial score (nSPS) is 16.7. The third-order valence-corrected chi connectivity index (χ3v) is 5.78. The first-order chi connectivity index (χ1) is 13.9. The molecule has 1 saturated heterocycles. The third-order valence-electron chi connectivity index (χ3n) is 5.78. The number of carbonyl (C=O) groups is 1. The number of likely N-dealkylation sites (N-methyl/N-ethyl adjacent to an activating group) is 1. The summed E-state index contributed by atoms with van der Waals surface area (Å²) in [4.78, 5) is 19.3. The highest BCUT2D eigenvalue weighted by molar-refractivity contribution is 5.94. The van der Waals surface area contributed by atoms with E-state index in [2.05, 4.69) is 28.3 Å². The molecule has 4 rings (SSSR count). The van der Waals surface area contributed by atoms with Crippen LogP contribution in [0.5, 0.6) is 0 Å². The molecular formula is C23H27FN4O. The number of fused-ring (bicyclic) bond motifs is 1. The molecule has 3 heterocycles. The van der Waals surface area contributed by atoms with Gasteiger partial charge < -0.3 is 19.1 Å². The number of amides is 1. The molecule has 1 aromatic carbocycles. The van der Waals surface area contributed by atoms with Crippen molar-refractivity contribution in [3.8, 4) is 0 Å². The Bertz CT molecular complexity index is 1010. The molecule has 0 aliphatic carbocycles. The molecule has 0 N–H and O–H groups in total. The van der Waals surface area contributed by atoms with Gasteiger partial charge in [-0.2, -0.15) is 0 Å². The Morgan fingerprint density at radius 3 is 2.48 bits per heavy atom. The zero-order valence-electron chi connectivity index (χ0n) is 17.2. The highest BCUT2D eigenvalue weighted by Gasteiger charge is 2.28. The van der Waals surface area contributed by atoms with Gasteiger partial charge in [-0.1, -0.05) is 12.1 Å². The maximum atomic E-state index is 13.2. The van der Waals surface area contributed by atoms with E-state index in [1.807, 2.05) is 42.4 Å².